The molecule has 644 valence electrons. The number of nitrogens with zero attached hydrogens (tertiary/aromatic N) is 6. The van der Waals surface area contributed by atoms with Gasteiger partial charge in [0, 0.05) is 111 Å². The van der Waals surface area contributed by atoms with Crippen molar-refractivity contribution in [1.29, 1.82) is 0 Å². The lowest BCUT2D eigenvalue weighted by atomic mass is 9.92. The maximum absolute atomic E-state index is 13.7. The van der Waals surface area contributed by atoms with Crippen LogP contribution < -0.4 is 35.6 Å². The van der Waals surface area contributed by atoms with Crippen LogP contribution in [0.2, 0.25) is 0 Å². The summed E-state index contributed by atoms with van der Waals surface area (Å²) in [6, 6.07) is 8.17. The Morgan fingerprint density at radius 3 is 1.07 bits per heavy atom. The van der Waals surface area contributed by atoms with E-state index >= 15 is 0 Å². The molecule has 23 heteroatoms. The number of aromatic nitrogens is 2. The SMILES string of the molecule is CC(C)(C)NCC(F)(F)COCCCCN1CCN(CCOC(C)(C)C)CC1.CC(C)(C)NCCCOC(C)(C)C.CC(C)(C)NCCCOc1ccc(C(C)(C)C)nc1.CC(C)(C)NCCCOc1ccc(N2CCN(C(C)(C)C)CC2)nc1.CC(C)(C)OCCOCCOCCOCCOCCOC(C)(C)C. The molecule has 21 nitrogen and oxygen atoms in total. The summed E-state index contributed by atoms with van der Waals surface area (Å²) < 4.78 is 88.3. The van der Waals surface area contributed by atoms with Gasteiger partial charge in [-0.15, -0.1) is 0 Å². The first-order chi connectivity index (χ1) is 50.1. The molecule has 2 saturated heterocycles. The van der Waals surface area contributed by atoms with E-state index in [1.807, 2.05) is 92.9 Å². The lowest BCUT2D eigenvalue weighted by Gasteiger charge is -2.42. The molecule has 4 rings (SSSR count). The number of unbranched alkanes of at least 4 members (excludes halogenated alkanes) is 1. The number of nitrogens with one attached hydrogen (secondary N) is 4. The third kappa shape index (κ3) is 70.1. The minimum absolute atomic E-state index is 0.00172. The molecule has 0 spiro atoms. The normalized spacial score (nSPS) is 15.1. The zero-order chi connectivity index (χ0) is 83.1. The van der Waals surface area contributed by atoms with E-state index in [4.69, 9.17) is 52.1 Å². The molecule has 109 heavy (non-hydrogen) atoms. The molecule has 0 amide bonds. The molecule has 2 aliphatic rings. The fourth-order valence-electron chi connectivity index (χ4n) is 10.0. The van der Waals surface area contributed by atoms with Crippen molar-refractivity contribution in [2.24, 2.45) is 0 Å². The van der Waals surface area contributed by atoms with Gasteiger partial charge in [-0.3, -0.25) is 14.8 Å². The highest BCUT2D eigenvalue weighted by Crippen LogP contribution is 2.24. The predicted molar refractivity (Wildman–Crippen MR) is 451 cm³/mol. The van der Waals surface area contributed by atoms with Crippen LogP contribution in [-0.2, 0) is 48.0 Å². The summed E-state index contributed by atoms with van der Waals surface area (Å²) in [6.07, 6.45) is 8.54. The number of hydrogen-bond donors (Lipinski definition) is 4. The fraction of sp³-hybridized carbons (Fsp3) is 0.884. The molecule has 0 radical (unpaired) electrons. The van der Waals surface area contributed by atoms with E-state index in [1.165, 1.54) is 0 Å². The third-order valence-corrected chi connectivity index (χ3v) is 16.0. The number of halogens is 2. The topological polar surface area (TPSA) is 188 Å². The lowest BCUT2D eigenvalue weighted by molar-refractivity contribution is -0.0781. The van der Waals surface area contributed by atoms with Crippen LogP contribution in [0.1, 0.15) is 246 Å². The molecule has 4 heterocycles. The summed E-state index contributed by atoms with van der Waals surface area (Å²) in [7, 11) is 0. The second-order valence-corrected chi connectivity index (χ2v) is 38.6. The second kappa shape index (κ2) is 54.0. The van der Waals surface area contributed by atoms with Gasteiger partial charge in [0.15, 0.2) is 0 Å². The first-order valence-corrected chi connectivity index (χ1v) is 41.1. The summed E-state index contributed by atoms with van der Waals surface area (Å²) in [4.78, 5) is 18.8. The number of hydrogen-bond acceptors (Lipinski definition) is 21. The van der Waals surface area contributed by atoms with Gasteiger partial charge in [-0.2, -0.15) is 0 Å². The van der Waals surface area contributed by atoms with Gasteiger partial charge in [0.1, 0.15) is 23.9 Å². The number of ether oxygens (including phenoxy) is 11. The van der Waals surface area contributed by atoms with E-state index in [-0.39, 0.29) is 62.1 Å². The van der Waals surface area contributed by atoms with Crippen LogP contribution >= 0.6 is 0 Å². The molecule has 4 N–H and O–H groups in total. The van der Waals surface area contributed by atoms with Crippen molar-refractivity contribution in [3.63, 3.8) is 0 Å². The molecule has 0 aromatic carbocycles. The molecular weight excluding hydrogens is 1390 g/mol. The highest BCUT2D eigenvalue weighted by molar-refractivity contribution is 5.41. The summed E-state index contributed by atoms with van der Waals surface area (Å²) in [5.74, 6) is -0.0627. The minimum Gasteiger partial charge on any atom is -0.492 e. The Kier molecular flexibility index (Phi) is 52.4. The molecule has 0 unspecified atom stereocenters. The van der Waals surface area contributed by atoms with E-state index in [0.29, 0.717) is 79.3 Å². The fourth-order valence-corrected chi connectivity index (χ4v) is 10.0. The van der Waals surface area contributed by atoms with E-state index in [2.05, 4.69) is 202 Å². The van der Waals surface area contributed by atoms with Crippen molar-refractivity contribution in [1.82, 2.24) is 45.9 Å². The van der Waals surface area contributed by atoms with Crippen molar-refractivity contribution in [2.45, 2.75) is 301 Å². The van der Waals surface area contributed by atoms with Crippen LogP contribution in [0.5, 0.6) is 11.5 Å². The van der Waals surface area contributed by atoms with E-state index in [1.54, 1.807) is 0 Å². The van der Waals surface area contributed by atoms with Gasteiger partial charge >= 0.3 is 0 Å². The summed E-state index contributed by atoms with van der Waals surface area (Å²) >= 11 is 0. The molecule has 0 bridgehead atoms. The average molecular weight is 1560 g/mol. The van der Waals surface area contributed by atoms with Gasteiger partial charge < -0.3 is 83.2 Å². The van der Waals surface area contributed by atoms with Crippen LogP contribution in [0.25, 0.3) is 0 Å². The Morgan fingerprint density at radius 1 is 0.349 bits per heavy atom. The summed E-state index contributed by atoms with van der Waals surface area (Å²) in [6.45, 7) is 85.1. The number of pyridine rings is 2. The van der Waals surface area contributed by atoms with E-state index in [9.17, 15) is 8.78 Å². The monoisotopic (exact) mass is 1560 g/mol. The Bertz CT molecular complexity index is 2430. The molecule has 0 aliphatic carbocycles. The van der Waals surface area contributed by atoms with Crippen molar-refractivity contribution >= 4 is 5.82 Å². The molecular formula is C86H170F2N10O11. The number of alkyl halides is 2. The molecule has 2 aromatic rings. The maximum atomic E-state index is 13.7. The van der Waals surface area contributed by atoms with E-state index in [0.717, 1.165) is 160 Å². The highest BCUT2D eigenvalue weighted by Gasteiger charge is 2.31. The van der Waals surface area contributed by atoms with Crippen LogP contribution in [0, 0.1) is 0 Å². The smallest absolute Gasteiger partial charge is 0.283 e. The van der Waals surface area contributed by atoms with Gasteiger partial charge in [0.25, 0.3) is 5.92 Å². The zero-order valence-electron chi connectivity index (χ0n) is 75.6. The van der Waals surface area contributed by atoms with Gasteiger partial charge in [-0.1, -0.05) is 20.8 Å². The molecule has 2 fully saturated rings. The number of rotatable bonds is 42. The standard InChI is InChI=1S/C21H43F2N3O2.C20H36N4O.C18H38O6.C16H28N2O.C11H25NO/c1-19(2,3)24-17-21(22,23)18-27-15-8-7-9-25-10-12-26(13-11-25)14-16-28-20(4,5)6;1-19(2,3)22-10-7-15-25-17-8-9-18(21-16-17)23-11-13-24(14-12-23)20(4,5)6;1-17(2,3)23-15-13-21-11-9-19-7-8-20-10-12-22-14-16-24-18(4,5)6;1-15(2,3)14-9-8-13(12-17-14)19-11-7-10-18-16(4,5)6;1-10(2,3)12-8-7-9-13-11(4,5)6/h24H,7-18H2,1-6H3;8-9,16,22H,7,10-15H2,1-6H3;7-16H2,1-6H3;8-9,12,18H,7,10-11H2,1-6H3;12H,7-9H2,1-6H3. The minimum atomic E-state index is -2.82. The number of piperazine rings is 2. The lowest BCUT2D eigenvalue weighted by Crippen LogP contribution is -2.53. The van der Waals surface area contributed by atoms with Crippen molar-refractivity contribution < 1.29 is 60.9 Å². The highest BCUT2D eigenvalue weighted by atomic mass is 19.3. The predicted octanol–water partition coefficient (Wildman–Crippen LogP) is 15.2. The molecule has 0 atom stereocenters. The van der Waals surface area contributed by atoms with Crippen LogP contribution in [0.3, 0.4) is 0 Å². The average Bonchev–Trinajstić information content (AvgIpc) is 0.835. The first kappa shape index (κ1) is 106. The van der Waals surface area contributed by atoms with Gasteiger partial charge in [-0.25, -0.2) is 13.8 Å². The zero-order valence-corrected chi connectivity index (χ0v) is 75.6. The largest absolute Gasteiger partial charge is 0.492 e. The molecule has 0 saturated carbocycles. The molecule has 2 aliphatic heterocycles. The number of anilines is 1. The van der Waals surface area contributed by atoms with Crippen LogP contribution in [0.15, 0.2) is 36.7 Å². The van der Waals surface area contributed by atoms with Crippen LogP contribution in [0.4, 0.5) is 14.6 Å². The Morgan fingerprint density at radius 2 is 0.716 bits per heavy atom. The molecule has 2 aromatic heterocycles. The summed E-state index contributed by atoms with van der Waals surface area (Å²) in [5, 5.41) is 13.2. The van der Waals surface area contributed by atoms with Crippen molar-refractivity contribution in [2.75, 3.05) is 202 Å². The van der Waals surface area contributed by atoms with Gasteiger partial charge in [0.2, 0.25) is 0 Å². The first-order valence-electron chi connectivity index (χ1n) is 41.1. The van der Waals surface area contributed by atoms with Gasteiger partial charge in [-0.05, 0) is 269 Å². The third-order valence-electron chi connectivity index (χ3n) is 16.0. The van der Waals surface area contributed by atoms with Gasteiger partial charge in [0.05, 0.1) is 127 Å². The van der Waals surface area contributed by atoms with Crippen molar-refractivity contribution in [3.05, 3.63) is 42.4 Å². The Hall–Kier alpha value is -3.08. The van der Waals surface area contributed by atoms with E-state index < -0.39 is 12.5 Å². The Labute approximate surface area is 666 Å². The van der Waals surface area contributed by atoms with Crippen molar-refractivity contribution in [3.8, 4) is 11.5 Å². The Balaban J connectivity index is 0.00000136. The quantitative estimate of drug-likeness (QED) is 0.0459. The van der Waals surface area contributed by atoms with Crippen LogP contribution in [-0.4, -0.2) is 278 Å². The second-order valence-electron chi connectivity index (χ2n) is 38.6. The maximum Gasteiger partial charge on any atom is 0.283 e. The summed E-state index contributed by atoms with van der Waals surface area (Å²) in [5.41, 5.74) is 1.40.